The van der Waals surface area contributed by atoms with Gasteiger partial charge in [-0.3, -0.25) is 0 Å². The molecule has 0 radical (unpaired) electrons. The first-order valence-electron chi connectivity index (χ1n) is 6.41. The molecule has 0 aromatic heterocycles. The Hall–Kier alpha value is -1.15. The van der Waals surface area contributed by atoms with Gasteiger partial charge in [-0.05, 0) is 36.1 Å². The maximum Gasteiger partial charge on any atom is 0.118 e. The second-order valence-corrected chi connectivity index (χ2v) is 5.34. The molecule has 0 bridgehead atoms. The fourth-order valence-electron chi connectivity index (χ4n) is 2.14. The zero-order valence-electron chi connectivity index (χ0n) is 11.5. The minimum atomic E-state index is 0.539. The van der Waals surface area contributed by atoms with Crippen molar-refractivity contribution in [2.45, 2.75) is 39.0 Å². The van der Waals surface area contributed by atoms with Crippen LogP contribution in [-0.4, -0.2) is 12.0 Å². The number of benzene rings is 1. The molecule has 0 heterocycles. The van der Waals surface area contributed by atoms with Crippen LogP contribution in [0.15, 0.2) is 30.8 Å². The van der Waals surface area contributed by atoms with Crippen molar-refractivity contribution in [2.24, 2.45) is 0 Å². The van der Waals surface area contributed by atoms with Gasteiger partial charge in [0.25, 0.3) is 0 Å². The number of ether oxygens (including phenoxy) is 1. The SMILES string of the molecule is C=C(OC)c1ccc(C(CCC)CC(C)=S)cc1. The molecular weight excluding hydrogens is 240 g/mol. The van der Waals surface area contributed by atoms with Gasteiger partial charge in [0, 0.05) is 5.56 Å². The fourth-order valence-corrected chi connectivity index (χ4v) is 2.34. The third-order valence-corrected chi connectivity index (χ3v) is 3.29. The van der Waals surface area contributed by atoms with E-state index in [4.69, 9.17) is 17.0 Å². The van der Waals surface area contributed by atoms with Crippen LogP contribution in [0.2, 0.25) is 0 Å². The van der Waals surface area contributed by atoms with Crippen LogP contribution in [0.1, 0.15) is 50.2 Å². The second kappa shape index (κ2) is 7.32. The van der Waals surface area contributed by atoms with Gasteiger partial charge in [-0.1, -0.05) is 56.4 Å². The summed E-state index contributed by atoms with van der Waals surface area (Å²) < 4.78 is 5.13. The maximum atomic E-state index is 5.24. The van der Waals surface area contributed by atoms with Gasteiger partial charge in [0.05, 0.1) is 7.11 Å². The van der Waals surface area contributed by atoms with Gasteiger partial charge in [-0.25, -0.2) is 0 Å². The zero-order valence-corrected chi connectivity index (χ0v) is 12.3. The lowest BCUT2D eigenvalue weighted by Gasteiger charge is -2.16. The first kappa shape index (κ1) is 14.9. The highest BCUT2D eigenvalue weighted by molar-refractivity contribution is 7.80. The molecule has 1 atom stereocenters. The van der Waals surface area contributed by atoms with Gasteiger partial charge in [0.2, 0.25) is 0 Å². The van der Waals surface area contributed by atoms with E-state index in [0.717, 1.165) is 16.8 Å². The molecule has 0 saturated heterocycles. The van der Waals surface area contributed by atoms with Crippen LogP contribution in [0.3, 0.4) is 0 Å². The third-order valence-electron chi connectivity index (χ3n) is 3.12. The molecule has 2 heteroatoms. The Labute approximate surface area is 116 Å². The van der Waals surface area contributed by atoms with Crippen molar-refractivity contribution >= 4 is 22.8 Å². The van der Waals surface area contributed by atoms with Gasteiger partial charge < -0.3 is 4.74 Å². The predicted octanol–water partition coefficient (Wildman–Crippen LogP) is 4.97. The van der Waals surface area contributed by atoms with E-state index in [9.17, 15) is 0 Å². The van der Waals surface area contributed by atoms with Crippen LogP contribution >= 0.6 is 12.2 Å². The summed E-state index contributed by atoms with van der Waals surface area (Å²) in [6.07, 6.45) is 3.35. The molecule has 0 aliphatic rings. The molecule has 0 spiro atoms. The number of hydrogen-bond acceptors (Lipinski definition) is 2. The molecule has 1 unspecified atom stereocenters. The summed E-state index contributed by atoms with van der Waals surface area (Å²) in [4.78, 5) is 1.08. The lowest BCUT2D eigenvalue weighted by molar-refractivity contribution is 0.371. The van der Waals surface area contributed by atoms with Crippen LogP contribution in [0.4, 0.5) is 0 Å². The summed E-state index contributed by atoms with van der Waals surface area (Å²) >= 11 is 5.24. The maximum absolute atomic E-state index is 5.24. The average molecular weight is 262 g/mol. The fraction of sp³-hybridized carbons (Fsp3) is 0.438. The van der Waals surface area contributed by atoms with Gasteiger partial charge in [0.15, 0.2) is 0 Å². The topological polar surface area (TPSA) is 9.23 Å². The molecule has 98 valence electrons. The van der Waals surface area contributed by atoms with Crippen LogP contribution in [0, 0.1) is 0 Å². The first-order chi connectivity index (χ1) is 8.58. The number of methoxy groups -OCH3 is 1. The van der Waals surface area contributed by atoms with Crippen LogP contribution in [0.5, 0.6) is 0 Å². The van der Waals surface area contributed by atoms with E-state index in [1.165, 1.54) is 18.4 Å². The van der Waals surface area contributed by atoms with Crippen molar-refractivity contribution in [3.63, 3.8) is 0 Å². The lowest BCUT2D eigenvalue weighted by Crippen LogP contribution is -2.03. The van der Waals surface area contributed by atoms with E-state index in [0.29, 0.717) is 11.7 Å². The highest BCUT2D eigenvalue weighted by Gasteiger charge is 2.11. The highest BCUT2D eigenvalue weighted by Crippen LogP contribution is 2.27. The summed E-state index contributed by atoms with van der Waals surface area (Å²) in [5.74, 6) is 1.25. The molecule has 0 aliphatic carbocycles. The summed E-state index contributed by atoms with van der Waals surface area (Å²) in [5.41, 5.74) is 2.39. The normalized spacial score (nSPS) is 11.9. The minimum Gasteiger partial charge on any atom is -0.497 e. The lowest BCUT2D eigenvalue weighted by atomic mass is 9.90. The standard InChI is InChI=1S/C16H22OS/c1-5-6-16(11-12(2)18)15-9-7-14(8-10-15)13(3)17-4/h7-10,16H,3,5-6,11H2,1-2,4H3. The van der Waals surface area contributed by atoms with Gasteiger partial charge >= 0.3 is 0 Å². The highest BCUT2D eigenvalue weighted by atomic mass is 32.1. The second-order valence-electron chi connectivity index (χ2n) is 4.64. The average Bonchev–Trinajstić information content (AvgIpc) is 2.37. The Kier molecular flexibility index (Phi) is 6.06. The van der Waals surface area contributed by atoms with Crippen LogP contribution < -0.4 is 0 Å². The summed E-state index contributed by atoms with van der Waals surface area (Å²) in [6, 6.07) is 8.47. The monoisotopic (exact) mass is 262 g/mol. The van der Waals surface area contributed by atoms with E-state index >= 15 is 0 Å². The third kappa shape index (κ3) is 4.26. The molecule has 18 heavy (non-hydrogen) atoms. The predicted molar refractivity (Wildman–Crippen MR) is 83.0 cm³/mol. The number of rotatable bonds is 7. The smallest absolute Gasteiger partial charge is 0.118 e. The molecule has 1 aromatic carbocycles. The van der Waals surface area contributed by atoms with Crippen molar-refractivity contribution in [1.82, 2.24) is 0 Å². The largest absolute Gasteiger partial charge is 0.497 e. The number of thiocarbonyl (C=S) groups is 1. The summed E-state index contributed by atoms with van der Waals surface area (Å²) in [5, 5.41) is 0. The Morgan fingerprint density at radius 3 is 2.39 bits per heavy atom. The van der Waals surface area contributed by atoms with Crippen molar-refractivity contribution < 1.29 is 4.74 Å². The van der Waals surface area contributed by atoms with E-state index < -0.39 is 0 Å². The molecule has 1 aromatic rings. The van der Waals surface area contributed by atoms with Crippen molar-refractivity contribution in [2.75, 3.05) is 7.11 Å². The molecule has 0 saturated carbocycles. The van der Waals surface area contributed by atoms with E-state index in [-0.39, 0.29) is 0 Å². The molecule has 1 nitrogen and oxygen atoms in total. The van der Waals surface area contributed by atoms with E-state index in [1.807, 2.05) is 6.92 Å². The molecule has 0 fully saturated rings. The van der Waals surface area contributed by atoms with Gasteiger partial charge in [-0.2, -0.15) is 0 Å². The van der Waals surface area contributed by atoms with Crippen molar-refractivity contribution in [3.8, 4) is 0 Å². The Morgan fingerprint density at radius 2 is 1.94 bits per heavy atom. The van der Waals surface area contributed by atoms with E-state index in [1.54, 1.807) is 7.11 Å². The first-order valence-corrected chi connectivity index (χ1v) is 6.82. The Bertz CT molecular complexity index is 406. The quantitative estimate of drug-likeness (QED) is 0.507. The molecule has 0 N–H and O–H groups in total. The van der Waals surface area contributed by atoms with Crippen LogP contribution in [0.25, 0.3) is 5.76 Å². The molecular formula is C16H22OS. The van der Waals surface area contributed by atoms with Crippen LogP contribution in [-0.2, 0) is 4.74 Å². The molecule has 0 aliphatic heterocycles. The number of hydrogen-bond donors (Lipinski definition) is 0. The Morgan fingerprint density at radius 1 is 1.33 bits per heavy atom. The van der Waals surface area contributed by atoms with E-state index in [2.05, 4.69) is 37.8 Å². The Balaban J connectivity index is 2.86. The molecule has 1 rings (SSSR count). The zero-order chi connectivity index (χ0) is 13.5. The summed E-state index contributed by atoms with van der Waals surface area (Å²) in [6.45, 7) is 8.10. The molecule has 0 amide bonds. The summed E-state index contributed by atoms with van der Waals surface area (Å²) in [7, 11) is 1.64. The van der Waals surface area contributed by atoms with Gasteiger partial charge in [0.1, 0.15) is 5.76 Å². The minimum absolute atomic E-state index is 0.539. The van der Waals surface area contributed by atoms with Gasteiger partial charge in [-0.15, -0.1) is 0 Å². The van der Waals surface area contributed by atoms with Crippen molar-refractivity contribution in [1.29, 1.82) is 0 Å². The van der Waals surface area contributed by atoms with Crippen molar-refractivity contribution in [3.05, 3.63) is 42.0 Å².